The third kappa shape index (κ3) is 8.70. The molecule has 4 nitrogen and oxygen atoms in total. The van der Waals surface area contributed by atoms with E-state index in [1.807, 2.05) is 20.8 Å². The molecule has 0 aliphatic rings. The van der Waals surface area contributed by atoms with Crippen molar-refractivity contribution in [2.75, 3.05) is 0 Å². The molecule has 0 rings (SSSR count). The van der Waals surface area contributed by atoms with Gasteiger partial charge in [0.25, 0.3) is 0 Å². The van der Waals surface area contributed by atoms with Crippen LogP contribution in [0.15, 0.2) is 0 Å². The van der Waals surface area contributed by atoms with Gasteiger partial charge in [0.1, 0.15) is 0 Å². The van der Waals surface area contributed by atoms with Crippen LogP contribution < -0.4 is 0 Å². The van der Waals surface area contributed by atoms with Gasteiger partial charge in [-0.25, -0.2) is 4.57 Å². The molecule has 0 saturated heterocycles. The van der Waals surface area contributed by atoms with E-state index in [0.717, 1.165) is 19.3 Å². The molecule has 0 amide bonds. The van der Waals surface area contributed by atoms with Gasteiger partial charge in [-0.05, 0) is 18.8 Å². The summed E-state index contributed by atoms with van der Waals surface area (Å²) in [6, 6.07) is 0. The largest absolute Gasteiger partial charge is 0.469 e. The Morgan fingerprint density at radius 1 is 1.36 bits per heavy atom. The Morgan fingerprint density at radius 2 is 1.93 bits per heavy atom. The molecule has 1 unspecified atom stereocenters. The minimum Gasteiger partial charge on any atom is -0.303 e. The number of hydrogen-bond acceptors (Lipinski definition) is 2. The molecule has 14 heavy (non-hydrogen) atoms. The fourth-order valence-electron chi connectivity index (χ4n) is 1.37. The first-order valence-corrected chi connectivity index (χ1v) is 6.62. The summed E-state index contributed by atoms with van der Waals surface area (Å²) in [6.45, 7) is 6.08. The summed E-state index contributed by atoms with van der Waals surface area (Å²) in [6.07, 6.45) is 3.07. The first-order chi connectivity index (χ1) is 6.35. The van der Waals surface area contributed by atoms with Gasteiger partial charge in [0.15, 0.2) is 0 Å². The number of phosphoric ester groups is 1. The van der Waals surface area contributed by atoms with E-state index in [9.17, 15) is 4.57 Å². The van der Waals surface area contributed by atoms with Gasteiger partial charge >= 0.3 is 7.82 Å². The average molecular weight is 224 g/mol. The molecule has 2 N–H and O–H groups in total. The van der Waals surface area contributed by atoms with E-state index in [2.05, 4.69) is 0 Å². The lowest BCUT2D eigenvalue weighted by Gasteiger charge is -2.19. The van der Waals surface area contributed by atoms with E-state index in [0.29, 0.717) is 12.3 Å². The van der Waals surface area contributed by atoms with E-state index >= 15 is 0 Å². The summed E-state index contributed by atoms with van der Waals surface area (Å²) in [4.78, 5) is 17.4. The number of phosphoric acid groups is 1. The van der Waals surface area contributed by atoms with Crippen LogP contribution in [0.3, 0.4) is 0 Å². The fraction of sp³-hybridized carbons (Fsp3) is 1.00. The smallest absolute Gasteiger partial charge is 0.303 e. The summed E-state index contributed by atoms with van der Waals surface area (Å²) in [5, 5.41) is 0. The van der Waals surface area contributed by atoms with Gasteiger partial charge in [0.05, 0.1) is 6.10 Å². The summed E-state index contributed by atoms with van der Waals surface area (Å²) in [5.74, 6) is 0.392. The number of hydrogen-bond donors (Lipinski definition) is 2. The summed E-state index contributed by atoms with van der Waals surface area (Å²) in [5.41, 5.74) is 0. The van der Waals surface area contributed by atoms with E-state index < -0.39 is 7.82 Å². The third-order valence-corrected chi connectivity index (χ3v) is 2.47. The molecule has 0 fully saturated rings. The maximum Gasteiger partial charge on any atom is 0.469 e. The van der Waals surface area contributed by atoms with Gasteiger partial charge in [0, 0.05) is 0 Å². The molecule has 0 aromatic rings. The van der Waals surface area contributed by atoms with E-state index in [-0.39, 0.29) is 6.10 Å². The van der Waals surface area contributed by atoms with Crippen molar-refractivity contribution in [1.29, 1.82) is 0 Å². The van der Waals surface area contributed by atoms with Crippen LogP contribution in [0.2, 0.25) is 0 Å². The van der Waals surface area contributed by atoms with Crippen molar-refractivity contribution in [2.45, 2.75) is 52.6 Å². The monoisotopic (exact) mass is 224 g/mol. The Balaban J connectivity index is 4.03. The lowest BCUT2D eigenvalue weighted by Crippen LogP contribution is -2.14. The van der Waals surface area contributed by atoms with Gasteiger partial charge < -0.3 is 9.79 Å². The van der Waals surface area contributed by atoms with Crippen LogP contribution in [0.25, 0.3) is 0 Å². The average Bonchev–Trinajstić information content (AvgIpc) is 1.96. The lowest BCUT2D eigenvalue weighted by atomic mass is 10.0. The molecule has 86 valence electrons. The van der Waals surface area contributed by atoms with E-state index in [4.69, 9.17) is 14.3 Å². The van der Waals surface area contributed by atoms with Crippen molar-refractivity contribution in [3.8, 4) is 0 Å². The van der Waals surface area contributed by atoms with Crippen molar-refractivity contribution >= 4 is 7.82 Å². The minimum absolute atomic E-state index is 0.309. The fourth-order valence-corrected chi connectivity index (χ4v) is 1.95. The zero-order valence-corrected chi connectivity index (χ0v) is 10.0. The first-order valence-electron chi connectivity index (χ1n) is 5.09. The molecule has 0 heterocycles. The molecule has 0 saturated carbocycles. The van der Waals surface area contributed by atoms with E-state index in [1.54, 1.807) is 0 Å². The van der Waals surface area contributed by atoms with Crippen molar-refractivity contribution in [2.24, 2.45) is 5.92 Å². The predicted octanol–water partition coefficient (Wildman–Crippen LogP) is 2.70. The standard InChI is InChI=1S/C9H21O4P/c1-4-5-6-9(7-8(2)3)13-14(10,11)12/h8-9H,4-7H2,1-3H3,(H2,10,11,12). The van der Waals surface area contributed by atoms with Crippen molar-refractivity contribution in [1.82, 2.24) is 0 Å². The Bertz CT molecular complexity index is 187. The van der Waals surface area contributed by atoms with Gasteiger partial charge in [-0.3, -0.25) is 4.52 Å². The Kier molecular flexibility index (Phi) is 6.62. The van der Waals surface area contributed by atoms with Gasteiger partial charge in [-0.1, -0.05) is 33.6 Å². The zero-order valence-electron chi connectivity index (χ0n) is 9.14. The molecule has 0 aromatic carbocycles. The molecule has 1 atom stereocenters. The molecule has 0 aliphatic heterocycles. The molecule has 0 spiro atoms. The quantitative estimate of drug-likeness (QED) is 0.652. The van der Waals surface area contributed by atoms with E-state index in [1.165, 1.54) is 0 Å². The number of unbranched alkanes of at least 4 members (excludes halogenated alkanes) is 1. The molecule has 0 aromatic heterocycles. The lowest BCUT2D eigenvalue weighted by molar-refractivity contribution is 0.109. The van der Waals surface area contributed by atoms with Gasteiger partial charge in [-0.15, -0.1) is 0 Å². The highest BCUT2D eigenvalue weighted by molar-refractivity contribution is 7.46. The first kappa shape index (κ1) is 14.1. The van der Waals surface area contributed by atoms with Crippen molar-refractivity contribution in [3.05, 3.63) is 0 Å². The van der Waals surface area contributed by atoms with Crippen LogP contribution >= 0.6 is 7.82 Å². The maximum absolute atomic E-state index is 10.7. The van der Waals surface area contributed by atoms with Crippen LogP contribution in [-0.2, 0) is 9.09 Å². The second-order valence-corrected chi connectivity index (χ2v) is 5.18. The summed E-state index contributed by atoms with van der Waals surface area (Å²) < 4.78 is 15.4. The van der Waals surface area contributed by atoms with Crippen LogP contribution in [0.4, 0.5) is 0 Å². The molecule has 0 aliphatic carbocycles. The molecular formula is C9H21O4P. The highest BCUT2D eigenvalue weighted by atomic mass is 31.2. The van der Waals surface area contributed by atoms with Crippen LogP contribution in [0.5, 0.6) is 0 Å². The topological polar surface area (TPSA) is 66.8 Å². The normalized spacial score (nSPS) is 14.7. The highest BCUT2D eigenvalue weighted by Gasteiger charge is 2.22. The Morgan fingerprint density at radius 3 is 2.29 bits per heavy atom. The molecular weight excluding hydrogens is 203 g/mol. The second-order valence-electron chi connectivity index (χ2n) is 3.99. The summed E-state index contributed by atoms with van der Waals surface area (Å²) in [7, 11) is -4.32. The van der Waals surface area contributed by atoms with Crippen LogP contribution in [0, 0.1) is 5.92 Å². The molecule has 0 radical (unpaired) electrons. The Labute approximate surface area is 85.9 Å². The second kappa shape index (κ2) is 6.57. The maximum atomic E-state index is 10.7. The Hall–Kier alpha value is 0.110. The SMILES string of the molecule is CCCCC(CC(C)C)OP(=O)(O)O. The zero-order chi connectivity index (χ0) is 11.2. The summed E-state index contributed by atoms with van der Waals surface area (Å²) >= 11 is 0. The van der Waals surface area contributed by atoms with Crippen molar-refractivity contribution in [3.63, 3.8) is 0 Å². The number of rotatable bonds is 7. The molecule has 5 heteroatoms. The van der Waals surface area contributed by atoms with Gasteiger partial charge in [0.2, 0.25) is 0 Å². The third-order valence-electron chi connectivity index (χ3n) is 1.90. The predicted molar refractivity (Wildman–Crippen MR) is 55.9 cm³/mol. The van der Waals surface area contributed by atoms with Crippen LogP contribution in [0.1, 0.15) is 46.5 Å². The highest BCUT2D eigenvalue weighted by Crippen LogP contribution is 2.39. The van der Waals surface area contributed by atoms with Gasteiger partial charge in [-0.2, -0.15) is 0 Å². The van der Waals surface area contributed by atoms with Crippen molar-refractivity contribution < 1.29 is 18.9 Å². The minimum atomic E-state index is -4.32. The molecule has 0 bridgehead atoms. The van der Waals surface area contributed by atoms with Crippen LogP contribution in [-0.4, -0.2) is 15.9 Å².